The highest BCUT2D eigenvalue weighted by atomic mass is 79.9. The monoisotopic (exact) mass is 270 g/mol. The molecule has 1 aromatic carbocycles. The van der Waals surface area contributed by atoms with Crippen LogP contribution < -0.4 is 0 Å². The van der Waals surface area contributed by atoms with E-state index in [9.17, 15) is 4.79 Å². The van der Waals surface area contributed by atoms with E-state index in [-0.39, 0.29) is 12.6 Å². The summed E-state index contributed by atoms with van der Waals surface area (Å²) in [5, 5.41) is 0.537. The molecule has 0 amide bonds. The zero-order chi connectivity index (χ0) is 10.7. The van der Waals surface area contributed by atoms with E-state index in [1.165, 1.54) is 0 Å². The Morgan fingerprint density at radius 2 is 2.07 bits per heavy atom. The van der Waals surface area contributed by atoms with Crippen LogP contribution in [0, 0.1) is 0 Å². The number of alkyl halides is 1. The van der Waals surface area contributed by atoms with Crippen molar-refractivity contribution in [1.29, 1.82) is 0 Å². The zero-order valence-electron chi connectivity index (χ0n) is 8.11. The molecule has 0 bridgehead atoms. The Morgan fingerprint density at radius 3 is 2.67 bits per heavy atom. The van der Waals surface area contributed by atoms with Gasteiger partial charge in [0.05, 0.1) is 6.61 Å². The number of carbonyl (C=O) groups excluding carboxylic acids is 1. The third-order valence-electron chi connectivity index (χ3n) is 2.38. The summed E-state index contributed by atoms with van der Waals surface area (Å²) in [6.45, 7) is 0.440. The van der Waals surface area contributed by atoms with Crippen LogP contribution in [0.25, 0.3) is 0 Å². The summed E-state index contributed by atoms with van der Waals surface area (Å²) < 4.78 is 10.6. The van der Waals surface area contributed by atoms with E-state index < -0.39 is 5.60 Å². The SMILES string of the molecule is O=C1COCC(CBr)(c2ccccc2)O1. The Balaban J connectivity index is 2.32. The normalized spacial score (nSPS) is 26.1. The fourth-order valence-corrected chi connectivity index (χ4v) is 2.20. The molecule has 0 N–H and O–H groups in total. The highest BCUT2D eigenvalue weighted by molar-refractivity contribution is 9.09. The lowest BCUT2D eigenvalue weighted by Crippen LogP contribution is -2.44. The molecule has 3 nitrogen and oxygen atoms in total. The molecule has 0 aromatic heterocycles. The summed E-state index contributed by atoms with van der Waals surface area (Å²) in [4.78, 5) is 11.2. The third-order valence-corrected chi connectivity index (χ3v) is 3.29. The van der Waals surface area contributed by atoms with Gasteiger partial charge in [0.25, 0.3) is 0 Å². The number of hydrogen-bond acceptors (Lipinski definition) is 3. The quantitative estimate of drug-likeness (QED) is 0.608. The number of hydrogen-bond donors (Lipinski definition) is 0. The predicted molar refractivity (Wildman–Crippen MR) is 58.8 cm³/mol. The lowest BCUT2D eigenvalue weighted by molar-refractivity contribution is -0.187. The van der Waals surface area contributed by atoms with Gasteiger partial charge in [-0.3, -0.25) is 0 Å². The molecule has 0 radical (unpaired) electrons. The van der Waals surface area contributed by atoms with Crippen molar-refractivity contribution in [1.82, 2.24) is 0 Å². The van der Waals surface area contributed by atoms with Crippen LogP contribution in [-0.2, 0) is 19.9 Å². The molecular formula is C11H11BrO3. The number of rotatable bonds is 2. The number of ether oxygens (including phenoxy) is 2. The van der Waals surface area contributed by atoms with Crippen molar-refractivity contribution >= 4 is 21.9 Å². The summed E-state index contributed by atoms with van der Waals surface area (Å²) in [5.74, 6) is -0.315. The first kappa shape index (κ1) is 10.6. The Bertz CT molecular complexity index is 352. The highest BCUT2D eigenvalue weighted by Gasteiger charge is 2.39. The molecule has 4 heteroatoms. The van der Waals surface area contributed by atoms with Gasteiger partial charge in [0, 0.05) is 5.33 Å². The largest absolute Gasteiger partial charge is 0.449 e. The van der Waals surface area contributed by atoms with Crippen molar-refractivity contribution in [3.63, 3.8) is 0 Å². The standard InChI is InChI=1S/C11H11BrO3/c12-7-11(8-14-6-10(13)15-11)9-4-2-1-3-5-9/h1-5H,6-8H2. The predicted octanol–water partition coefficient (Wildman–Crippen LogP) is 1.85. The van der Waals surface area contributed by atoms with E-state index in [4.69, 9.17) is 9.47 Å². The minimum absolute atomic E-state index is 0.0432. The van der Waals surface area contributed by atoms with Crippen molar-refractivity contribution in [2.24, 2.45) is 0 Å². The lowest BCUT2D eigenvalue weighted by Gasteiger charge is -2.35. The van der Waals surface area contributed by atoms with Crippen LogP contribution in [-0.4, -0.2) is 24.5 Å². The van der Waals surface area contributed by atoms with Crippen molar-refractivity contribution in [2.75, 3.05) is 18.5 Å². The molecule has 80 valence electrons. The first-order chi connectivity index (χ1) is 7.27. The highest BCUT2D eigenvalue weighted by Crippen LogP contribution is 2.31. The summed E-state index contributed by atoms with van der Waals surface area (Å²) in [7, 11) is 0. The number of cyclic esters (lactones) is 1. The van der Waals surface area contributed by atoms with E-state index in [0.717, 1.165) is 5.56 Å². The van der Waals surface area contributed by atoms with Crippen LogP contribution in [0.2, 0.25) is 0 Å². The zero-order valence-corrected chi connectivity index (χ0v) is 9.70. The number of halogens is 1. The first-order valence-corrected chi connectivity index (χ1v) is 5.80. The molecule has 1 heterocycles. The van der Waals surface area contributed by atoms with Crippen LogP contribution in [0.3, 0.4) is 0 Å². The second-order valence-corrected chi connectivity index (χ2v) is 4.02. The van der Waals surface area contributed by atoms with Gasteiger partial charge < -0.3 is 9.47 Å². The molecule has 1 saturated heterocycles. The molecule has 1 aliphatic heterocycles. The van der Waals surface area contributed by atoms with E-state index in [2.05, 4.69) is 15.9 Å². The van der Waals surface area contributed by atoms with Crippen LogP contribution >= 0.6 is 15.9 Å². The van der Waals surface area contributed by atoms with E-state index in [0.29, 0.717) is 11.9 Å². The van der Waals surface area contributed by atoms with Crippen LogP contribution in [0.1, 0.15) is 5.56 Å². The van der Waals surface area contributed by atoms with E-state index >= 15 is 0 Å². The number of benzene rings is 1. The van der Waals surface area contributed by atoms with Crippen LogP contribution in [0.5, 0.6) is 0 Å². The Hall–Kier alpha value is -0.870. The average molecular weight is 271 g/mol. The minimum atomic E-state index is -0.670. The molecule has 1 unspecified atom stereocenters. The smallest absolute Gasteiger partial charge is 0.333 e. The Morgan fingerprint density at radius 1 is 1.33 bits per heavy atom. The second-order valence-electron chi connectivity index (χ2n) is 3.46. The fraction of sp³-hybridized carbons (Fsp3) is 0.364. The van der Waals surface area contributed by atoms with Gasteiger partial charge in [0.15, 0.2) is 5.60 Å². The summed E-state index contributed by atoms with van der Waals surface area (Å²) in [5.41, 5.74) is 0.284. The van der Waals surface area contributed by atoms with E-state index in [1.807, 2.05) is 30.3 Å². The van der Waals surface area contributed by atoms with Crippen LogP contribution in [0.15, 0.2) is 30.3 Å². The molecule has 2 rings (SSSR count). The van der Waals surface area contributed by atoms with Gasteiger partial charge in [-0.25, -0.2) is 4.79 Å². The van der Waals surface area contributed by atoms with Crippen LogP contribution in [0.4, 0.5) is 0 Å². The molecule has 15 heavy (non-hydrogen) atoms. The van der Waals surface area contributed by atoms with Crippen molar-refractivity contribution in [3.05, 3.63) is 35.9 Å². The summed E-state index contributed by atoms with van der Waals surface area (Å²) in [6, 6.07) is 9.63. The van der Waals surface area contributed by atoms with Gasteiger partial charge in [-0.05, 0) is 5.56 Å². The molecule has 0 saturated carbocycles. The van der Waals surface area contributed by atoms with E-state index in [1.54, 1.807) is 0 Å². The minimum Gasteiger partial charge on any atom is -0.449 e. The van der Waals surface area contributed by atoms with Crippen molar-refractivity contribution in [2.45, 2.75) is 5.60 Å². The maximum Gasteiger partial charge on any atom is 0.333 e. The van der Waals surface area contributed by atoms with Crippen molar-refractivity contribution < 1.29 is 14.3 Å². The van der Waals surface area contributed by atoms with Gasteiger partial charge in [-0.1, -0.05) is 46.3 Å². The molecule has 1 aliphatic rings. The number of carbonyl (C=O) groups is 1. The molecule has 0 aliphatic carbocycles. The summed E-state index contributed by atoms with van der Waals surface area (Å²) >= 11 is 3.38. The molecule has 1 aromatic rings. The average Bonchev–Trinajstić information content (AvgIpc) is 2.30. The van der Waals surface area contributed by atoms with Crippen molar-refractivity contribution in [3.8, 4) is 0 Å². The van der Waals surface area contributed by atoms with Gasteiger partial charge in [0.2, 0.25) is 0 Å². The lowest BCUT2D eigenvalue weighted by atomic mass is 9.96. The maximum absolute atomic E-state index is 11.2. The molecule has 1 atom stereocenters. The molecule has 0 spiro atoms. The third kappa shape index (κ3) is 2.06. The topological polar surface area (TPSA) is 35.5 Å². The maximum atomic E-state index is 11.2. The van der Waals surface area contributed by atoms with Gasteiger partial charge in [-0.2, -0.15) is 0 Å². The molecule has 1 fully saturated rings. The van der Waals surface area contributed by atoms with Gasteiger partial charge >= 0.3 is 5.97 Å². The van der Waals surface area contributed by atoms with Gasteiger partial charge in [0.1, 0.15) is 6.61 Å². The first-order valence-electron chi connectivity index (χ1n) is 4.68. The number of esters is 1. The molecular weight excluding hydrogens is 260 g/mol. The summed E-state index contributed by atoms with van der Waals surface area (Å²) in [6.07, 6.45) is 0. The second kappa shape index (κ2) is 4.33. The Labute approximate surface area is 96.5 Å². The van der Waals surface area contributed by atoms with Gasteiger partial charge in [-0.15, -0.1) is 0 Å². The fourth-order valence-electron chi connectivity index (χ4n) is 1.60. The Kier molecular flexibility index (Phi) is 3.07.